The first-order valence-electron chi connectivity index (χ1n) is 13.2. The van der Waals surface area contributed by atoms with Crippen LogP contribution in [0.1, 0.15) is 135 Å². The van der Waals surface area contributed by atoms with Gasteiger partial charge in [0.05, 0.1) is 13.2 Å². The number of rotatable bonds is 21. The van der Waals surface area contributed by atoms with Crippen LogP contribution in [0.2, 0.25) is 0 Å². The molecule has 1 aliphatic heterocycles. The molecule has 0 aliphatic carbocycles. The molecule has 0 N–H and O–H groups in total. The lowest BCUT2D eigenvalue weighted by molar-refractivity contribution is -0.183. The van der Waals surface area contributed by atoms with E-state index in [1.807, 2.05) is 0 Å². The van der Waals surface area contributed by atoms with Crippen LogP contribution < -0.4 is 0 Å². The molecule has 0 radical (unpaired) electrons. The summed E-state index contributed by atoms with van der Waals surface area (Å²) in [5, 5.41) is 0. The van der Waals surface area contributed by atoms with Gasteiger partial charge in [-0.3, -0.25) is 4.79 Å². The molecule has 0 atom stereocenters. The quantitative estimate of drug-likeness (QED) is 0.139. The molecule has 1 aliphatic rings. The van der Waals surface area contributed by atoms with Crippen molar-refractivity contribution in [2.45, 2.75) is 141 Å². The highest BCUT2D eigenvalue weighted by molar-refractivity contribution is 5.69. The van der Waals surface area contributed by atoms with Crippen LogP contribution in [0.15, 0.2) is 0 Å². The van der Waals surface area contributed by atoms with Crippen molar-refractivity contribution < 1.29 is 19.0 Å². The van der Waals surface area contributed by atoms with E-state index in [1.165, 1.54) is 109 Å². The van der Waals surface area contributed by atoms with Gasteiger partial charge < -0.3 is 14.2 Å². The van der Waals surface area contributed by atoms with Crippen LogP contribution in [0.5, 0.6) is 0 Å². The van der Waals surface area contributed by atoms with Gasteiger partial charge in [0, 0.05) is 6.42 Å². The SMILES string of the molecule is CCCCCCCCCCCCCCCCCCCCCC(=O)OC1COCOC1. The van der Waals surface area contributed by atoms with Gasteiger partial charge in [-0.1, -0.05) is 122 Å². The minimum absolute atomic E-state index is 0.110. The van der Waals surface area contributed by atoms with Crippen LogP contribution in [0.3, 0.4) is 0 Å². The molecule has 1 fully saturated rings. The summed E-state index contributed by atoms with van der Waals surface area (Å²) >= 11 is 0. The molecular weight excluding hydrogens is 376 g/mol. The molecule has 4 heteroatoms. The smallest absolute Gasteiger partial charge is 0.306 e. The van der Waals surface area contributed by atoms with E-state index in [-0.39, 0.29) is 12.1 Å². The number of unbranched alkanes of at least 4 members (excludes halogenated alkanes) is 18. The third-order valence-corrected chi connectivity index (χ3v) is 6.06. The van der Waals surface area contributed by atoms with Crippen LogP contribution in [0.4, 0.5) is 0 Å². The largest absolute Gasteiger partial charge is 0.457 e. The normalized spacial score (nSPS) is 14.8. The first kappa shape index (κ1) is 27.4. The predicted octanol–water partition coefficient (Wildman–Crippen LogP) is 7.72. The molecule has 4 nitrogen and oxygen atoms in total. The summed E-state index contributed by atoms with van der Waals surface area (Å²) in [6.45, 7) is 3.53. The van der Waals surface area contributed by atoms with E-state index in [0.717, 1.165) is 12.8 Å². The van der Waals surface area contributed by atoms with Crippen molar-refractivity contribution in [2.75, 3.05) is 20.0 Å². The maximum Gasteiger partial charge on any atom is 0.306 e. The summed E-state index contributed by atoms with van der Waals surface area (Å²) in [7, 11) is 0. The highest BCUT2D eigenvalue weighted by Crippen LogP contribution is 2.15. The second kappa shape index (κ2) is 21.6. The molecule has 1 rings (SSSR count). The van der Waals surface area contributed by atoms with Gasteiger partial charge in [-0.05, 0) is 6.42 Å². The highest BCUT2D eigenvalue weighted by atomic mass is 16.7. The maximum absolute atomic E-state index is 11.8. The lowest BCUT2D eigenvalue weighted by atomic mass is 10.0. The molecule has 0 saturated carbocycles. The summed E-state index contributed by atoms with van der Waals surface area (Å²) in [6.07, 6.45) is 26.2. The zero-order valence-electron chi connectivity index (χ0n) is 20.0. The second-order valence-electron chi connectivity index (χ2n) is 9.09. The fourth-order valence-electron chi connectivity index (χ4n) is 4.13. The number of hydrogen-bond acceptors (Lipinski definition) is 4. The second-order valence-corrected chi connectivity index (χ2v) is 9.09. The van der Waals surface area contributed by atoms with E-state index >= 15 is 0 Å². The van der Waals surface area contributed by atoms with E-state index in [4.69, 9.17) is 14.2 Å². The Morgan fingerprint density at radius 1 is 0.633 bits per heavy atom. The van der Waals surface area contributed by atoms with Gasteiger partial charge in [0.2, 0.25) is 0 Å². The standard InChI is InChI=1S/C26H50O4/c1-2-3-4-5-6-7-8-9-10-11-12-13-14-15-16-17-18-19-20-21-26(27)30-25-22-28-24-29-23-25/h25H,2-24H2,1H3. The van der Waals surface area contributed by atoms with Gasteiger partial charge in [-0.15, -0.1) is 0 Å². The van der Waals surface area contributed by atoms with Crippen LogP contribution in [0.25, 0.3) is 0 Å². The Labute approximate surface area is 186 Å². The third kappa shape index (κ3) is 18.2. The van der Waals surface area contributed by atoms with Crippen molar-refractivity contribution in [1.29, 1.82) is 0 Å². The first-order valence-corrected chi connectivity index (χ1v) is 13.2. The van der Waals surface area contributed by atoms with Crippen LogP contribution in [0, 0.1) is 0 Å². The number of ether oxygens (including phenoxy) is 3. The molecule has 1 heterocycles. The Hall–Kier alpha value is -0.610. The Bertz CT molecular complexity index is 366. The lowest BCUT2D eigenvalue weighted by Gasteiger charge is -2.22. The van der Waals surface area contributed by atoms with Gasteiger partial charge in [0.15, 0.2) is 0 Å². The first-order chi connectivity index (χ1) is 14.8. The molecule has 0 aromatic rings. The summed E-state index contributed by atoms with van der Waals surface area (Å²) in [5.74, 6) is -0.110. The number of esters is 1. The molecule has 30 heavy (non-hydrogen) atoms. The zero-order valence-corrected chi connectivity index (χ0v) is 20.0. The van der Waals surface area contributed by atoms with Crippen molar-refractivity contribution in [2.24, 2.45) is 0 Å². The average molecular weight is 427 g/mol. The summed E-state index contributed by atoms with van der Waals surface area (Å²) in [5.41, 5.74) is 0. The number of hydrogen-bond donors (Lipinski definition) is 0. The topological polar surface area (TPSA) is 44.8 Å². The Morgan fingerprint density at radius 2 is 1.00 bits per heavy atom. The monoisotopic (exact) mass is 426 g/mol. The molecule has 0 aromatic heterocycles. The Kier molecular flexibility index (Phi) is 19.8. The molecule has 1 saturated heterocycles. The third-order valence-electron chi connectivity index (χ3n) is 6.06. The fourth-order valence-corrected chi connectivity index (χ4v) is 4.13. The predicted molar refractivity (Wildman–Crippen MR) is 125 cm³/mol. The summed E-state index contributed by atoms with van der Waals surface area (Å²) in [4.78, 5) is 11.8. The van der Waals surface area contributed by atoms with Gasteiger partial charge in [0.25, 0.3) is 0 Å². The Morgan fingerprint density at radius 3 is 1.40 bits per heavy atom. The van der Waals surface area contributed by atoms with E-state index < -0.39 is 0 Å². The van der Waals surface area contributed by atoms with Gasteiger partial charge in [-0.25, -0.2) is 0 Å². The van der Waals surface area contributed by atoms with Crippen LogP contribution >= 0.6 is 0 Å². The molecule has 0 spiro atoms. The molecule has 0 amide bonds. The average Bonchev–Trinajstić information content (AvgIpc) is 2.76. The van der Waals surface area contributed by atoms with E-state index in [2.05, 4.69) is 6.92 Å². The van der Waals surface area contributed by atoms with Gasteiger partial charge in [-0.2, -0.15) is 0 Å². The van der Waals surface area contributed by atoms with Crippen molar-refractivity contribution in [3.8, 4) is 0 Å². The van der Waals surface area contributed by atoms with Crippen molar-refractivity contribution >= 4 is 5.97 Å². The molecular formula is C26H50O4. The molecule has 0 unspecified atom stereocenters. The summed E-state index contributed by atoms with van der Waals surface area (Å²) in [6, 6.07) is 0. The van der Waals surface area contributed by atoms with E-state index in [1.54, 1.807) is 0 Å². The molecule has 0 aromatic carbocycles. The minimum atomic E-state index is -0.216. The van der Waals surface area contributed by atoms with Crippen LogP contribution in [-0.4, -0.2) is 32.1 Å². The zero-order chi connectivity index (χ0) is 21.5. The van der Waals surface area contributed by atoms with Crippen molar-refractivity contribution in [1.82, 2.24) is 0 Å². The number of carbonyl (C=O) groups excluding carboxylic acids is 1. The lowest BCUT2D eigenvalue weighted by Crippen LogP contribution is -2.33. The van der Waals surface area contributed by atoms with Crippen molar-refractivity contribution in [3.63, 3.8) is 0 Å². The van der Waals surface area contributed by atoms with E-state index in [9.17, 15) is 4.79 Å². The molecule has 0 bridgehead atoms. The molecule has 178 valence electrons. The minimum Gasteiger partial charge on any atom is -0.457 e. The summed E-state index contributed by atoms with van der Waals surface area (Å²) < 4.78 is 15.6. The van der Waals surface area contributed by atoms with Crippen LogP contribution in [-0.2, 0) is 19.0 Å². The number of carbonyl (C=O) groups is 1. The maximum atomic E-state index is 11.8. The van der Waals surface area contributed by atoms with Crippen molar-refractivity contribution in [3.05, 3.63) is 0 Å². The Balaban J connectivity index is 1.69. The highest BCUT2D eigenvalue weighted by Gasteiger charge is 2.18. The van der Waals surface area contributed by atoms with Gasteiger partial charge in [0.1, 0.15) is 12.9 Å². The van der Waals surface area contributed by atoms with Gasteiger partial charge >= 0.3 is 5.97 Å². The van der Waals surface area contributed by atoms with E-state index in [0.29, 0.717) is 26.4 Å². The fraction of sp³-hybridized carbons (Fsp3) is 0.962.